The van der Waals surface area contributed by atoms with Crippen molar-refractivity contribution < 1.29 is 9.53 Å². The van der Waals surface area contributed by atoms with Crippen molar-refractivity contribution >= 4 is 11.6 Å². The van der Waals surface area contributed by atoms with Crippen LogP contribution in [0.4, 0.5) is 5.69 Å². The number of hydrogen-bond donors (Lipinski definition) is 2. The molecule has 0 bridgehead atoms. The quantitative estimate of drug-likeness (QED) is 0.795. The van der Waals surface area contributed by atoms with Crippen LogP contribution in [0, 0.1) is 0 Å². The smallest absolute Gasteiger partial charge is 0.254 e. The molecule has 7 nitrogen and oxygen atoms in total. The number of H-pyrrole nitrogens is 1. The summed E-state index contributed by atoms with van der Waals surface area (Å²) in [6, 6.07) is 5.01. The number of aromatic nitrogens is 3. The van der Waals surface area contributed by atoms with Gasteiger partial charge >= 0.3 is 0 Å². The summed E-state index contributed by atoms with van der Waals surface area (Å²) < 4.78 is 5.34. The Labute approximate surface area is 116 Å². The molecule has 20 heavy (non-hydrogen) atoms. The third-order valence-electron chi connectivity index (χ3n) is 2.76. The van der Waals surface area contributed by atoms with E-state index in [-0.39, 0.29) is 5.91 Å². The molecule has 7 heteroatoms. The Hall–Kier alpha value is -2.57. The lowest BCUT2D eigenvalue weighted by Crippen LogP contribution is -2.26. The monoisotopic (exact) mass is 275 g/mol. The molecule has 0 fully saturated rings. The van der Waals surface area contributed by atoms with Gasteiger partial charge in [0.2, 0.25) is 0 Å². The largest absolute Gasteiger partial charge is 0.492 e. The maximum Gasteiger partial charge on any atom is 0.254 e. The minimum Gasteiger partial charge on any atom is -0.492 e. The summed E-state index contributed by atoms with van der Waals surface area (Å²) in [4.78, 5) is 17.8. The molecule has 0 atom stereocenters. The van der Waals surface area contributed by atoms with Crippen LogP contribution in [0.25, 0.3) is 0 Å². The highest BCUT2D eigenvalue weighted by atomic mass is 16.5. The number of carbonyl (C=O) groups excluding carboxylic acids is 1. The summed E-state index contributed by atoms with van der Waals surface area (Å²) in [6.45, 7) is 2.76. The Morgan fingerprint density at radius 3 is 2.90 bits per heavy atom. The summed E-state index contributed by atoms with van der Waals surface area (Å²) in [5.74, 6) is 1.07. The van der Waals surface area contributed by atoms with Crippen LogP contribution in [0.1, 0.15) is 23.1 Å². The number of carbonyl (C=O) groups is 1. The Balaban J connectivity index is 2.10. The fourth-order valence-electron chi connectivity index (χ4n) is 1.79. The van der Waals surface area contributed by atoms with E-state index < -0.39 is 0 Å². The minimum atomic E-state index is -0.142. The number of nitrogen functional groups attached to an aromatic ring is 1. The van der Waals surface area contributed by atoms with Gasteiger partial charge in [-0.25, -0.2) is 4.98 Å². The van der Waals surface area contributed by atoms with E-state index in [1.807, 2.05) is 6.92 Å². The summed E-state index contributed by atoms with van der Waals surface area (Å²) in [5, 5.41) is 6.45. The van der Waals surface area contributed by atoms with Crippen LogP contribution in [-0.4, -0.2) is 39.6 Å². The highest BCUT2D eigenvalue weighted by Crippen LogP contribution is 2.23. The van der Waals surface area contributed by atoms with Gasteiger partial charge in [0.1, 0.15) is 17.9 Å². The third kappa shape index (κ3) is 3.05. The van der Waals surface area contributed by atoms with Gasteiger partial charge in [-0.3, -0.25) is 9.89 Å². The zero-order chi connectivity index (χ0) is 14.5. The number of anilines is 1. The van der Waals surface area contributed by atoms with Crippen molar-refractivity contribution in [2.45, 2.75) is 13.5 Å². The first kappa shape index (κ1) is 13.9. The predicted octanol–water partition coefficient (Wildman–Crippen LogP) is 1.06. The molecular weight excluding hydrogens is 258 g/mol. The lowest BCUT2D eigenvalue weighted by atomic mass is 10.1. The zero-order valence-electron chi connectivity index (χ0n) is 11.5. The van der Waals surface area contributed by atoms with Crippen LogP contribution in [0.2, 0.25) is 0 Å². The molecule has 0 aliphatic carbocycles. The van der Waals surface area contributed by atoms with Gasteiger partial charge in [0.25, 0.3) is 5.91 Å². The number of nitrogens with one attached hydrogen (secondary N) is 1. The van der Waals surface area contributed by atoms with Crippen LogP contribution >= 0.6 is 0 Å². The molecule has 0 saturated carbocycles. The van der Waals surface area contributed by atoms with E-state index in [1.54, 1.807) is 25.2 Å². The van der Waals surface area contributed by atoms with Gasteiger partial charge in [-0.2, -0.15) is 5.10 Å². The molecule has 1 aromatic carbocycles. The standard InChI is InChI=1S/C13H17N5O2/c1-3-20-11-5-4-9(6-10(11)14)13(19)18(2)7-12-15-8-16-17-12/h4-6,8H,3,7,14H2,1-2H3,(H,15,16,17). The fourth-order valence-corrected chi connectivity index (χ4v) is 1.79. The first-order valence-electron chi connectivity index (χ1n) is 6.23. The van der Waals surface area contributed by atoms with Crippen molar-refractivity contribution in [1.29, 1.82) is 0 Å². The topological polar surface area (TPSA) is 97.1 Å². The van der Waals surface area contributed by atoms with Crippen molar-refractivity contribution in [2.75, 3.05) is 19.4 Å². The number of nitrogens with two attached hydrogens (primary N) is 1. The van der Waals surface area contributed by atoms with E-state index in [0.717, 1.165) is 0 Å². The van der Waals surface area contributed by atoms with Gasteiger partial charge in [-0.15, -0.1) is 0 Å². The van der Waals surface area contributed by atoms with E-state index in [2.05, 4.69) is 15.2 Å². The molecule has 1 heterocycles. The van der Waals surface area contributed by atoms with Gasteiger partial charge in [-0.1, -0.05) is 0 Å². The lowest BCUT2D eigenvalue weighted by molar-refractivity contribution is 0.0781. The average molecular weight is 275 g/mol. The molecule has 3 N–H and O–H groups in total. The number of amides is 1. The average Bonchev–Trinajstić information content (AvgIpc) is 2.93. The molecule has 0 spiro atoms. The zero-order valence-corrected chi connectivity index (χ0v) is 11.5. The second-order valence-electron chi connectivity index (χ2n) is 4.28. The fraction of sp³-hybridized carbons (Fsp3) is 0.308. The molecule has 0 radical (unpaired) electrons. The summed E-state index contributed by atoms with van der Waals surface area (Å²) in [5.41, 5.74) is 6.81. The lowest BCUT2D eigenvalue weighted by Gasteiger charge is -2.16. The normalized spacial score (nSPS) is 10.3. The first-order chi connectivity index (χ1) is 9.61. The highest BCUT2D eigenvalue weighted by Gasteiger charge is 2.14. The van der Waals surface area contributed by atoms with Gasteiger partial charge in [0, 0.05) is 12.6 Å². The molecule has 0 saturated heterocycles. The van der Waals surface area contributed by atoms with E-state index in [0.29, 0.717) is 36.0 Å². The number of nitrogens with zero attached hydrogens (tertiary/aromatic N) is 3. The number of aromatic amines is 1. The Bertz CT molecular complexity index is 582. The predicted molar refractivity (Wildman–Crippen MR) is 74.2 cm³/mol. The minimum absolute atomic E-state index is 0.142. The van der Waals surface area contributed by atoms with E-state index in [1.165, 1.54) is 11.2 Å². The second kappa shape index (κ2) is 6.05. The molecule has 0 aliphatic heterocycles. The van der Waals surface area contributed by atoms with Gasteiger partial charge in [0.15, 0.2) is 0 Å². The van der Waals surface area contributed by atoms with Gasteiger partial charge < -0.3 is 15.4 Å². The van der Waals surface area contributed by atoms with Crippen molar-refractivity contribution in [3.63, 3.8) is 0 Å². The number of hydrogen-bond acceptors (Lipinski definition) is 5. The Kier molecular flexibility index (Phi) is 4.19. The highest BCUT2D eigenvalue weighted by molar-refractivity contribution is 5.95. The molecule has 0 aliphatic rings. The summed E-state index contributed by atoms with van der Waals surface area (Å²) in [7, 11) is 1.69. The SMILES string of the molecule is CCOc1ccc(C(=O)N(C)Cc2ncn[nH]2)cc1N. The molecule has 2 aromatic rings. The van der Waals surface area contributed by atoms with Crippen LogP contribution in [0.3, 0.4) is 0 Å². The van der Waals surface area contributed by atoms with E-state index in [4.69, 9.17) is 10.5 Å². The van der Waals surface area contributed by atoms with Crippen LogP contribution in [-0.2, 0) is 6.54 Å². The van der Waals surface area contributed by atoms with E-state index in [9.17, 15) is 4.79 Å². The molecule has 1 aromatic heterocycles. The first-order valence-corrected chi connectivity index (χ1v) is 6.23. The summed E-state index contributed by atoms with van der Waals surface area (Å²) in [6.07, 6.45) is 1.41. The van der Waals surface area contributed by atoms with Crippen LogP contribution < -0.4 is 10.5 Å². The molecule has 2 rings (SSSR count). The van der Waals surface area contributed by atoms with Crippen LogP contribution in [0.15, 0.2) is 24.5 Å². The third-order valence-corrected chi connectivity index (χ3v) is 2.76. The maximum absolute atomic E-state index is 12.3. The Morgan fingerprint density at radius 2 is 2.30 bits per heavy atom. The molecule has 0 unspecified atom stereocenters. The molecule has 106 valence electrons. The van der Waals surface area contributed by atoms with E-state index >= 15 is 0 Å². The van der Waals surface area contributed by atoms with Gasteiger partial charge in [-0.05, 0) is 25.1 Å². The van der Waals surface area contributed by atoms with Crippen LogP contribution in [0.5, 0.6) is 5.75 Å². The number of ether oxygens (including phenoxy) is 1. The van der Waals surface area contributed by atoms with Crippen molar-refractivity contribution in [3.8, 4) is 5.75 Å². The second-order valence-corrected chi connectivity index (χ2v) is 4.28. The maximum atomic E-state index is 12.3. The van der Waals surface area contributed by atoms with Crippen molar-refractivity contribution in [2.24, 2.45) is 0 Å². The van der Waals surface area contributed by atoms with Gasteiger partial charge in [0.05, 0.1) is 18.8 Å². The molecular formula is C13H17N5O2. The Morgan fingerprint density at radius 1 is 1.50 bits per heavy atom. The number of benzene rings is 1. The number of rotatable bonds is 5. The summed E-state index contributed by atoms with van der Waals surface area (Å²) >= 11 is 0. The molecule has 1 amide bonds. The van der Waals surface area contributed by atoms with Crippen molar-refractivity contribution in [3.05, 3.63) is 35.9 Å². The van der Waals surface area contributed by atoms with Crippen molar-refractivity contribution in [1.82, 2.24) is 20.1 Å².